The third-order valence-electron chi connectivity index (χ3n) is 2.58. The highest BCUT2D eigenvalue weighted by atomic mass is 16.4. The quantitative estimate of drug-likeness (QED) is 0.798. The van der Waals surface area contributed by atoms with E-state index < -0.39 is 5.97 Å². The van der Waals surface area contributed by atoms with E-state index in [0.29, 0.717) is 6.42 Å². The Bertz CT molecular complexity index is 552. The Morgan fingerprint density at radius 3 is 2.94 bits per heavy atom. The van der Waals surface area contributed by atoms with E-state index in [1.165, 1.54) is 17.0 Å². The summed E-state index contributed by atoms with van der Waals surface area (Å²) in [5, 5.41) is 9.70. The van der Waals surface area contributed by atoms with Crippen LogP contribution in [0, 0.1) is 0 Å². The minimum Gasteiger partial charge on any atom is -0.478 e. The first-order chi connectivity index (χ1) is 7.68. The second-order valence-electron chi connectivity index (χ2n) is 3.73. The van der Waals surface area contributed by atoms with Gasteiger partial charge in [0.05, 0.1) is 0 Å². The first-order valence-corrected chi connectivity index (χ1v) is 5.11. The lowest BCUT2D eigenvalue weighted by molar-refractivity contribution is -0.131. The van der Waals surface area contributed by atoms with Crippen LogP contribution in [0.5, 0.6) is 0 Å². The SMILES string of the molecule is Cn1cc(C/C=C/C(=O)O)c2ccccc21. The summed E-state index contributed by atoms with van der Waals surface area (Å²) in [5.41, 5.74) is 2.32. The van der Waals surface area contributed by atoms with Crippen molar-refractivity contribution in [3.05, 3.63) is 48.2 Å². The third kappa shape index (κ3) is 1.98. The fourth-order valence-corrected chi connectivity index (χ4v) is 1.87. The molecule has 0 bridgehead atoms. The molecular weight excluding hydrogens is 202 g/mol. The number of benzene rings is 1. The summed E-state index contributed by atoms with van der Waals surface area (Å²) in [6.45, 7) is 0. The Kier molecular flexibility index (Phi) is 2.77. The lowest BCUT2D eigenvalue weighted by Crippen LogP contribution is -1.87. The molecule has 2 rings (SSSR count). The molecule has 82 valence electrons. The highest BCUT2D eigenvalue weighted by Crippen LogP contribution is 2.20. The van der Waals surface area contributed by atoms with Crippen molar-refractivity contribution in [2.75, 3.05) is 0 Å². The number of hydrogen-bond donors (Lipinski definition) is 1. The van der Waals surface area contributed by atoms with Crippen LogP contribution in [0.3, 0.4) is 0 Å². The summed E-state index contributed by atoms with van der Waals surface area (Å²) >= 11 is 0. The number of nitrogens with zero attached hydrogens (tertiary/aromatic N) is 1. The van der Waals surface area contributed by atoms with Gasteiger partial charge in [-0.15, -0.1) is 0 Å². The van der Waals surface area contributed by atoms with Crippen LogP contribution < -0.4 is 0 Å². The van der Waals surface area contributed by atoms with Crippen LogP contribution in [0.4, 0.5) is 0 Å². The largest absolute Gasteiger partial charge is 0.478 e. The van der Waals surface area contributed by atoms with Gasteiger partial charge in [0.2, 0.25) is 0 Å². The molecular formula is C13H13NO2. The van der Waals surface area contributed by atoms with Crippen LogP contribution in [-0.4, -0.2) is 15.6 Å². The maximum Gasteiger partial charge on any atom is 0.327 e. The molecule has 1 aromatic heterocycles. The highest BCUT2D eigenvalue weighted by molar-refractivity contribution is 5.84. The molecule has 3 nitrogen and oxygen atoms in total. The average Bonchev–Trinajstić information content (AvgIpc) is 2.57. The third-order valence-corrected chi connectivity index (χ3v) is 2.58. The van der Waals surface area contributed by atoms with Gasteiger partial charge in [0.1, 0.15) is 0 Å². The molecule has 3 heteroatoms. The van der Waals surface area contributed by atoms with Gasteiger partial charge in [0, 0.05) is 30.2 Å². The van der Waals surface area contributed by atoms with Crippen LogP contribution >= 0.6 is 0 Å². The van der Waals surface area contributed by atoms with Crippen molar-refractivity contribution in [1.82, 2.24) is 4.57 Å². The summed E-state index contributed by atoms with van der Waals surface area (Å²) in [6, 6.07) is 8.10. The second-order valence-corrected chi connectivity index (χ2v) is 3.73. The molecule has 0 spiro atoms. The normalized spacial score (nSPS) is 11.3. The molecule has 0 atom stereocenters. The number of aromatic nitrogens is 1. The molecule has 0 unspecified atom stereocenters. The molecule has 1 aromatic carbocycles. The van der Waals surface area contributed by atoms with Crippen molar-refractivity contribution in [2.45, 2.75) is 6.42 Å². The molecule has 1 N–H and O–H groups in total. The number of rotatable bonds is 3. The van der Waals surface area contributed by atoms with Gasteiger partial charge in [0.15, 0.2) is 0 Å². The lowest BCUT2D eigenvalue weighted by Gasteiger charge is -1.93. The van der Waals surface area contributed by atoms with Crippen LogP contribution in [0.15, 0.2) is 42.6 Å². The Labute approximate surface area is 93.6 Å². The lowest BCUT2D eigenvalue weighted by atomic mass is 10.1. The topological polar surface area (TPSA) is 42.2 Å². The van der Waals surface area contributed by atoms with Crippen molar-refractivity contribution < 1.29 is 9.90 Å². The van der Waals surface area contributed by atoms with Crippen LogP contribution in [0.2, 0.25) is 0 Å². The minimum atomic E-state index is -0.903. The van der Waals surface area contributed by atoms with E-state index in [4.69, 9.17) is 5.11 Å². The number of aryl methyl sites for hydroxylation is 1. The molecule has 0 aliphatic carbocycles. The Morgan fingerprint density at radius 2 is 2.19 bits per heavy atom. The first-order valence-electron chi connectivity index (χ1n) is 5.11. The Morgan fingerprint density at radius 1 is 1.44 bits per heavy atom. The maximum absolute atomic E-state index is 10.4. The van der Waals surface area contributed by atoms with Gasteiger partial charge in [-0.1, -0.05) is 24.3 Å². The number of carboxylic acids is 1. The number of carbonyl (C=O) groups is 1. The number of carboxylic acid groups (broad SMARTS) is 1. The zero-order valence-electron chi connectivity index (χ0n) is 9.05. The molecule has 1 heterocycles. The van der Waals surface area contributed by atoms with E-state index in [0.717, 1.165) is 5.56 Å². The molecule has 0 saturated carbocycles. The van der Waals surface area contributed by atoms with Gasteiger partial charge >= 0.3 is 5.97 Å². The summed E-state index contributed by atoms with van der Waals surface area (Å²) in [5.74, 6) is -0.903. The molecule has 2 aromatic rings. The first kappa shape index (κ1) is 10.5. The predicted octanol–water partition coefficient (Wildman–Crippen LogP) is 2.36. The van der Waals surface area contributed by atoms with Gasteiger partial charge in [-0.05, 0) is 18.1 Å². The number of para-hydroxylation sites is 1. The minimum absolute atomic E-state index is 0.646. The van der Waals surface area contributed by atoms with E-state index in [-0.39, 0.29) is 0 Å². The molecule has 0 aliphatic heterocycles. The van der Waals surface area contributed by atoms with Gasteiger partial charge in [-0.25, -0.2) is 4.79 Å². The smallest absolute Gasteiger partial charge is 0.327 e. The summed E-state index contributed by atoms with van der Waals surface area (Å²) in [4.78, 5) is 10.4. The molecule has 0 aliphatic rings. The zero-order valence-corrected chi connectivity index (χ0v) is 9.05. The molecule has 16 heavy (non-hydrogen) atoms. The van der Waals surface area contributed by atoms with Crippen molar-refractivity contribution in [2.24, 2.45) is 7.05 Å². The predicted molar refractivity (Wildman–Crippen MR) is 63.4 cm³/mol. The number of fused-ring (bicyclic) bond motifs is 1. The summed E-state index contributed by atoms with van der Waals surface area (Å²) in [6.07, 6.45) is 5.54. The maximum atomic E-state index is 10.4. The van der Waals surface area contributed by atoms with Crippen molar-refractivity contribution in [3.8, 4) is 0 Å². The number of allylic oxidation sites excluding steroid dienone is 1. The summed E-state index contributed by atoms with van der Waals surface area (Å²) < 4.78 is 2.05. The van der Waals surface area contributed by atoms with Crippen LogP contribution in [0.1, 0.15) is 5.56 Å². The fourth-order valence-electron chi connectivity index (χ4n) is 1.87. The summed E-state index contributed by atoms with van der Waals surface area (Å²) in [7, 11) is 1.99. The standard InChI is InChI=1S/C13H13NO2/c1-14-9-10(5-4-8-13(15)16)11-6-2-3-7-12(11)14/h2-4,6-9H,5H2,1H3,(H,15,16)/b8-4+. The number of hydrogen-bond acceptors (Lipinski definition) is 1. The van der Waals surface area contributed by atoms with Gasteiger partial charge in [-0.3, -0.25) is 0 Å². The van der Waals surface area contributed by atoms with Crippen molar-refractivity contribution >= 4 is 16.9 Å². The van der Waals surface area contributed by atoms with Gasteiger partial charge in [0.25, 0.3) is 0 Å². The van der Waals surface area contributed by atoms with E-state index in [1.807, 2.05) is 25.4 Å². The fraction of sp³-hybridized carbons (Fsp3) is 0.154. The zero-order chi connectivity index (χ0) is 11.5. The second kappa shape index (κ2) is 4.23. The average molecular weight is 215 g/mol. The van der Waals surface area contributed by atoms with E-state index in [1.54, 1.807) is 6.08 Å². The van der Waals surface area contributed by atoms with Crippen LogP contribution in [0.25, 0.3) is 10.9 Å². The van der Waals surface area contributed by atoms with E-state index in [2.05, 4.69) is 16.7 Å². The van der Waals surface area contributed by atoms with Crippen molar-refractivity contribution in [3.63, 3.8) is 0 Å². The Balaban J connectivity index is 2.34. The van der Waals surface area contributed by atoms with Crippen LogP contribution in [-0.2, 0) is 18.3 Å². The molecule has 0 amide bonds. The van der Waals surface area contributed by atoms with Gasteiger partial charge in [-0.2, -0.15) is 0 Å². The molecule has 0 saturated heterocycles. The monoisotopic (exact) mass is 215 g/mol. The molecule has 0 fully saturated rings. The van der Waals surface area contributed by atoms with E-state index >= 15 is 0 Å². The number of aliphatic carboxylic acids is 1. The van der Waals surface area contributed by atoms with Gasteiger partial charge < -0.3 is 9.67 Å². The van der Waals surface area contributed by atoms with E-state index in [9.17, 15) is 4.79 Å². The Hall–Kier alpha value is -2.03. The molecule has 0 radical (unpaired) electrons. The van der Waals surface area contributed by atoms with Crippen molar-refractivity contribution in [1.29, 1.82) is 0 Å². The highest BCUT2D eigenvalue weighted by Gasteiger charge is 2.03.